The lowest BCUT2D eigenvalue weighted by Crippen LogP contribution is -1.87. The van der Waals surface area contributed by atoms with Crippen molar-refractivity contribution in [3.05, 3.63) is 32.1 Å². The Hall–Kier alpha value is -2.07. The minimum atomic E-state index is -0.586. The van der Waals surface area contributed by atoms with Crippen LogP contribution in [0.1, 0.15) is 0 Å². The molecule has 3 heterocycles. The summed E-state index contributed by atoms with van der Waals surface area (Å²) in [4.78, 5) is 10.9. The van der Waals surface area contributed by atoms with Gasteiger partial charge in [0.25, 0.3) is 11.8 Å². The number of rotatable bonds is 3. The second kappa shape index (κ2) is 4.55. The standard InChI is InChI=1S/C9H4BrN5O3S/c10-5-6(11-12-7(5)15(16)17)9-14-13-8(18-9)4-2-1-3-19-4/h1-3H,(H,11,12). The molecule has 96 valence electrons. The van der Waals surface area contributed by atoms with Crippen LogP contribution in [0.2, 0.25) is 0 Å². The van der Waals surface area contributed by atoms with E-state index < -0.39 is 4.92 Å². The van der Waals surface area contributed by atoms with Crippen molar-refractivity contribution in [3.8, 4) is 22.4 Å². The molecular formula is C9H4BrN5O3S. The van der Waals surface area contributed by atoms with Gasteiger partial charge in [-0.15, -0.1) is 26.6 Å². The number of halogens is 1. The van der Waals surface area contributed by atoms with Crippen LogP contribution in [0.5, 0.6) is 0 Å². The monoisotopic (exact) mass is 341 g/mol. The fourth-order valence-electron chi connectivity index (χ4n) is 1.40. The third-order valence-electron chi connectivity index (χ3n) is 2.23. The molecule has 1 N–H and O–H groups in total. The van der Waals surface area contributed by atoms with Crippen molar-refractivity contribution in [2.75, 3.05) is 0 Å². The molecule has 0 unspecified atom stereocenters. The molecule has 3 rings (SSSR count). The van der Waals surface area contributed by atoms with Crippen molar-refractivity contribution >= 4 is 33.1 Å². The molecule has 0 aliphatic carbocycles. The maximum atomic E-state index is 10.7. The van der Waals surface area contributed by atoms with Gasteiger partial charge in [-0.05, 0) is 32.3 Å². The van der Waals surface area contributed by atoms with E-state index in [9.17, 15) is 10.1 Å². The van der Waals surface area contributed by atoms with Gasteiger partial charge in [-0.3, -0.25) is 0 Å². The summed E-state index contributed by atoms with van der Waals surface area (Å²) in [5.41, 5.74) is 0.210. The third kappa shape index (κ3) is 2.04. The van der Waals surface area contributed by atoms with Gasteiger partial charge in [-0.25, -0.2) is 0 Å². The van der Waals surface area contributed by atoms with Crippen LogP contribution in [0.15, 0.2) is 26.4 Å². The van der Waals surface area contributed by atoms with Gasteiger partial charge >= 0.3 is 5.82 Å². The van der Waals surface area contributed by atoms with Gasteiger partial charge in [0.2, 0.25) is 0 Å². The van der Waals surface area contributed by atoms with E-state index in [-0.39, 0.29) is 21.9 Å². The summed E-state index contributed by atoms with van der Waals surface area (Å²) in [6, 6.07) is 3.70. The van der Waals surface area contributed by atoms with E-state index in [0.717, 1.165) is 4.88 Å². The molecule has 3 aromatic rings. The zero-order valence-electron chi connectivity index (χ0n) is 9.03. The molecule has 0 aliphatic rings. The third-order valence-corrected chi connectivity index (χ3v) is 3.84. The Morgan fingerprint density at radius 3 is 2.84 bits per heavy atom. The van der Waals surface area contributed by atoms with E-state index in [4.69, 9.17) is 4.42 Å². The van der Waals surface area contributed by atoms with Gasteiger partial charge in [0.1, 0.15) is 4.47 Å². The molecule has 0 saturated carbocycles. The highest BCUT2D eigenvalue weighted by Gasteiger charge is 2.25. The number of hydrogen-bond acceptors (Lipinski definition) is 7. The quantitative estimate of drug-likeness (QED) is 0.579. The smallest absolute Gasteiger partial charge is 0.357 e. The Balaban J connectivity index is 2.02. The number of aromatic amines is 1. The number of nitro groups is 1. The summed E-state index contributed by atoms with van der Waals surface area (Å²) in [5, 5.41) is 26.4. The summed E-state index contributed by atoms with van der Waals surface area (Å²) < 4.78 is 5.62. The van der Waals surface area contributed by atoms with E-state index in [1.165, 1.54) is 11.3 Å². The minimum Gasteiger partial charge on any atom is -0.414 e. The van der Waals surface area contributed by atoms with E-state index in [1.54, 1.807) is 0 Å². The normalized spacial score (nSPS) is 10.8. The van der Waals surface area contributed by atoms with Crippen LogP contribution < -0.4 is 0 Å². The lowest BCUT2D eigenvalue weighted by atomic mass is 10.4. The van der Waals surface area contributed by atoms with Crippen molar-refractivity contribution < 1.29 is 9.34 Å². The van der Waals surface area contributed by atoms with E-state index >= 15 is 0 Å². The second-order valence-electron chi connectivity index (χ2n) is 3.38. The van der Waals surface area contributed by atoms with Crippen LogP contribution in [-0.2, 0) is 0 Å². The average Bonchev–Trinajstić information content (AvgIpc) is 3.07. The molecule has 0 bridgehead atoms. The summed E-state index contributed by atoms with van der Waals surface area (Å²) in [5.74, 6) is 0.202. The summed E-state index contributed by atoms with van der Waals surface area (Å²) >= 11 is 4.54. The molecule has 0 aliphatic heterocycles. The first-order valence-electron chi connectivity index (χ1n) is 4.93. The summed E-state index contributed by atoms with van der Waals surface area (Å²) in [7, 11) is 0. The Labute approximate surface area is 117 Å². The van der Waals surface area contributed by atoms with Gasteiger partial charge in [0.15, 0.2) is 5.69 Å². The van der Waals surface area contributed by atoms with Crippen molar-refractivity contribution in [1.82, 2.24) is 20.4 Å². The molecule has 0 aromatic carbocycles. The maximum absolute atomic E-state index is 10.7. The largest absolute Gasteiger partial charge is 0.414 e. The van der Waals surface area contributed by atoms with Gasteiger partial charge < -0.3 is 14.5 Å². The first kappa shape index (κ1) is 12.0. The highest BCUT2D eigenvalue weighted by Crippen LogP contribution is 2.34. The lowest BCUT2D eigenvalue weighted by molar-refractivity contribution is -0.390. The van der Waals surface area contributed by atoms with Crippen LogP contribution in [0.3, 0.4) is 0 Å². The molecule has 3 aromatic heterocycles. The van der Waals surface area contributed by atoms with E-state index in [2.05, 4.69) is 36.3 Å². The molecule has 0 amide bonds. The SMILES string of the molecule is O=[N+]([O-])c1[nH]nc(-c2nnc(-c3cccs3)o2)c1Br. The van der Waals surface area contributed by atoms with E-state index in [1.807, 2.05) is 17.5 Å². The zero-order valence-corrected chi connectivity index (χ0v) is 11.4. The number of hydrogen-bond donors (Lipinski definition) is 1. The number of thiophene rings is 1. The van der Waals surface area contributed by atoms with Gasteiger partial charge in [0, 0.05) is 0 Å². The Kier molecular flexibility index (Phi) is 2.87. The average molecular weight is 342 g/mol. The molecule has 0 atom stereocenters. The molecule has 0 saturated heterocycles. The van der Waals surface area contributed by atoms with Crippen LogP contribution in [-0.4, -0.2) is 25.3 Å². The highest BCUT2D eigenvalue weighted by atomic mass is 79.9. The molecule has 0 radical (unpaired) electrons. The Morgan fingerprint density at radius 2 is 2.21 bits per heavy atom. The molecule has 0 spiro atoms. The molecular weight excluding hydrogens is 338 g/mol. The Morgan fingerprint density at radius 1 is 1.42 bits per heavy atom. The predicted octanol–water partition coefficient (Wildman–Crippen LogP) is 2.86. The summed E-state index contributed by atoms with van der Waals surface area (Å²) in [6.45, 7) is 0. The predicted molar refractivity (Wildman–Crippen MR) is 69.5 cm³/mol. The molecule has 19 heavy (non-hydrogen) atoms. The topological polar surface area (TPSA) is 111 Å². The first-order valence-corrected chi connectivity index (χ1v) is 6.60. The highest BCUT2D eigenvalue weighted by molar-refractivity contribution is 9.10. The van der Waals surface area contributed by atoms with Gasteiger partial charge in [-0.2, -0.15) is 0 Å². The van der Waals surface area contributed by atoms with Crippen molar-refractivity contribution in [1.29, 1.82) is 0 Å². The fraction of sp³-hybridized carbons (Fsp3) is 0. The summed E-state index contributed by atoms with van der Waals surface area (Å²) in [6.07, 6.45) is 0. The van der Waals surface area contributed by atoms with Gasteiger partial charge in [-0.1, -0.05) is 11.2 Å². The molecule has 10 heteroatoms. The van der Waals surface area contributed by atoms with Gasteiger partial charge in [0.05, 0.1) is 4.88 Å². The second-order valence-corrected chi connectivity index (χ2v) is 5.12. The van der Waals surface area contributed by atoms with Crippen LogP contribution >= 0.6 is 27.3 Å². The van der Waals surface area contributed by atoms with Crippen LogP contribution in [0.25, 0.3) is 22.4 Å². The number of aromatic nitrogens is 4. The fourth-order valence-corrected chi connectivity index (χ4v) is 2.54. The number of nitrogens with zero attached hydrogens (tertiary/aromatic N) is 4. The van der Waals surface area contributed by atoms with Crippen LogP contribution in [0.4, 0.5) is 5.82 Å². The van der Waals surface area contributed by atoms with Crippen LogP contribution in [0, 0.1) is 10.1 Å². The lowest BCUT2D eigenvalue weighted by Gasteiger charge is -1.89. The van der Waals surface area contributed by atoms with E-state index in [0.29, 0.717) is 5.89 Å². The maximum Gasteiger partial charge on any atom is 0.357 e. The number of H-pyrrole nitrogens is 1. The first-order chi connectivity index (χ1) is 9.16. The molecule has 0 fully saturated rings. The number of nitrogens with one attached hydrogen (secondary N) is 1. The Bertz CT molecular complexity index is 735. The minimum absolute atomic E-state index is 0.111. The molecule has 8 nitrogen and oxygen atoms in total. The zero-order chi connectivity index (χ0) is 13.4. The van der Waals surface area contributed by atoms with Crippen molar-refractivity contribution in [3.63, 3.8) is 0 Å². The van der Waals surface area contributed by atoms with Crippen molar-refractivity contribution in [2.24, 2.45) is 0 Å². The van der Waals surface area contributed by atoms with Crippen molar-refractivity contribution in [2.45, 2.75) is 0 Å².